The van der Waals surface area contributed by atoms with Gasteiger partial charge >= 0.3 is 18.0 Å². The molecule has 31 nitrogen and oxygen atoms in total. The van der Waals surface area contributed by atoms with Gasteiger partial charge < -0.3 is 79.0 Å². The number of ether oxygens (including phenoxy) is 4. The zero-order chi connectivity index (χ0) is 88.6. The van der Waals surface area contributed by atoms with Crippen LogP contribution >= 0.6 is 0 Å². The molecule has 0 aromatic heterocycles. The van der Waals surface area contributed by atoms with Crippen LogP contribution in [-0.2, 0) is 92.7 Å². The molecule has 1 aliphatic heterocycles. The molecule has 1 saturated heterocycles. The van der Waals surface area contributed by atoms with Crippen molar-refractivity contribution in [2.45, 2.75) is 244 Å². The highest BCUT2D eigenvalue weighted by Crippen LogP contribution is 2.29. The summed E-state index contributed by atoms with van der Waals surface area (Å²) >= 11 is 0. The van der Waals surface area contributed by atoms with Gasteiger partial charge in [-0.2, -0.15) is 0 Å². The number of Topliss-reactive ketones (excluding diaryl/α,β-unsaturated/α-hetero) is 2. The Labute approximate surface area is 690 Å². The molecular weight excluding hydrogens is 1490 g/mol. The number of nitrogens with one attached hydrogen (secondary N) is 3. The van der Waals surface area contributed by atoms with Gasteiger partial charge in [0.25, 0.3) is 0 Å². The van der Waals surface area contributed by atoms with Crippen molar-refractivity contribution in [2.24, 2.45) is 53.3 Å². The molecule has 1 aromatic rings. The van der Waals surface area contributed by atoms with Crippen molar-refractivity contribution in [3.8, 4) is 0 Å². The van der Waals surface area contributed by atoms with Crippen molar-refractivity contribution in [3.05, 3.63) is 48.0 Å². The summed E-state index contributed by atoms with van der Waals surface area (Å²) in [7, 11) is 11.8. The number of hydrogen-bond acceptors (Lipinski definition) is 20. The molecule has 0 spiro atoms. The fraction of sp³-hybridized carbons (Fsp3) is 0.729. The summed E-state index contributed by atoms with van der Waals surface area (Å²) in [5, 5.41) is 8.51. The van der Waals surface area contributed by atoms with E-state index in [9.17, 15) is 57.5 Å². The van der Waals surface area contributed by atoms with Crippen LogP contribution in [0.1, 0.15) is 182 Å². The van der Waals surface area contributed by atoms with Crippen LogP contribution in [0.15, 0.2) is 42.5 Å². The molecular formula is C85H142N12O19. The maximum atomic E-state index is 15.4. The minimum Gasteiger partial charge on any atom is -0.462 e. The highest BCUT2D eigenvalue weighted by molar-refractivity contribution is 5.99. The number of allylic oxidation sites excluding steroid dienone is 2. The van der Waals surface area contributed by atoms with Crippen LogP contribution in [0.2, 0.25) is 0 Å². The van der Waals surface area contributed by atoms with Crippen molar-refractivity contribution in [3.63, 3.8) is 0 Å². The van der Waals surface area contributed by atoms with E-state index in [0.29, 0.717) is 6.42 Å². The van der Waals surface area contributed by atoms with Crippen LogP contribution in [0.4, 0.5) is 4.79 Å². The van der Waals surface area contributed by atoms with E-state index < -0.39 is 173 Å². The van der Waals surface area contributed by atoms with Crippen LogP contribution < -0.4 is 16.0 Å². The number of hydrogen-bond donors (Lipinski definition) is 3. The van der Waals surface area contributed by atoms with Gasteiger partial charge in [0, 0.05) is 120 Å². The zero-order valence-corrected chi connectivity index (χ0v) is 74.6. The van der Waals surface area contributed by atoms with Gasteiger partial charge in [-0.25, -0.2) is 9.59 Å². The third kappa shape index (κ3) is 31.5. The average Bonchev–Trinajstić information content (AvgIpc) is 0.674. The van der Waals surface area contributed by atoms with Crippen LogP contribution in [0, 0.1) is 53.3 Å². The SMILES string of the molecule is C/C=C/C[C@@H](C)[C@@H](OC(C)=O)[C@@H](C(=O)N[C@@H](CC)C(=O)OCCN(C)C(C)=O)N(C)C(=O)[C@H](C(C)C)N(C)C(=O)[C@H](CC(C)C)N(C)C(=O)[C@H](CC(C)C)N(C)C(=O)[C@@H](C)CC(=O)[C@H](C)CC(=O)[C@H](CC(C)C)N(C)C(=O)[C@H](NC(=O)[C@@H]([C@H](C)COCC(=O)N1CCN(C(=O)OCc2ccccc2)CC1)N(C)C(=O)[C@H](C)NC)C(C)C. The summed E-state index contributed by atoms with van der Waals surface area (Å²) in [6.07, 6.45) is 1.96. The minimum atomic E-state index is -1.57. The number of ketones is 2. The third-order valence-electron chi connectivity index (χ3n) is 21.6. The fourth-order valence-corrected chi connectivity index (χ4v) is 14.2. The maximum absolute atomic E-state index is 15.4. The Kier molecular flexibility index (Phi) is 44.5. The molecule has 0 unspecified atom stereocenters. The van der Waals surface area contributed by atoms with E-state index in [4.69, 9.17) is 18.9 Å². The van der Waals surface area contributed by atoms with E-state index in [1.54, 1.807) is 101 Å². The van der Waals surface area contributed by atoms with Gasteiger partial charge in [0.05, 0.1) is 25.2 Å². The zero-order valence-electron chi connectivity index (χ0n) is 74.6. The molecule has 0 bridgehead atoms. The number of benzene rings is 1. The molecule has 1 aliphatic rings. The second-order valence-electron chi connectivity index (χ2n) is 33.4. The number of esters is 2. The monoisotopic (exact) mass is 1640 g/mol. The molecule has 31 heteroatoms. The Bertz CT molecular complexity index is 3450. The molecule has 1 heterocycles. The first-order valence-electron chi connectivity index (χ1n) is 41.0. The van der Waals surface area contributed by atoms with Gasteiger partial charge in [0.1, 0.15) is 74.0 Å². The highest BCUT2D eigenvalue weighted by atomic mass is 16.6. The van der Waals surface area contributed by atoms with E-state index in [0.717, 1.165) is 10.5 Å². The summed E-state index contributed by atoms with van der Waals surface area (Å²) in [6.45, 7) is 32.8. The van der Waals surface area contributed by atoms with Gasteiger partial charge in [-0.1, -0.05) is 146 Å². The Hall–Kier alpha value is -8.87. The standard InChI is InChI=1S/C85H142N12O19/c1-28-30-34-56(13)75(116-62(19)99)74(77(104)87-64(29-2)84(111)114-42-41-89(21)61(18)98)95(27)83(110)72(55(11)12)93(25)81(108)67(45-53(7)8)92(24)80(107)66(44-52(5)6)91(23)78(105)58(15)47-68(100)57(14)46-69(101)65(43-51(3)4)90(22)82(109)71(54(9)10)88-76(103)73(94(26)79(106)60(17)86-20)59(16)48-113-50-70(102)96-37-39-97(40-38-96)85(112)115-49-63-35-32-31-33-36-63/h28,30-33,35-36,51-60,64-67,71-75,86H,29,34,37-50H2,1-27H3,(H,87,104)(H,88,103)/b30-28+/t56-,57-,58+,59-,60+,64+,65+,66+,67+,71-,72+,73-,74+,75-/m1/s1. The van der Waals surface area contributed by atoms with Gasteiger partial charge in [0.15, 0.2) is 5.78 Å². The molecule has 14 atom stereocenters. The summed E-state index contributed by atoms with van der Waals surface area (Å²) in [5.74, 6) is -13.1. The van der Waals surface area contributed by atoms with E-state index in [2.05, 4.69) is 16.0 Å². The number of likely N-dealkylation sites (N-methyl/N-ethyl adjacent to an activating group) is 8. The van der Waals surface area contributed by atoms with Gasteiger partial charge in [-0.15, -0.1) is 0 Å². The second-order valence-corrected chi connectivity index (χ2v) is 33.4. The number of rotatable bonds is 48. The van der Waals surface area contributed by atoms with Crippen molar-refractivity contribution in [1.29, 1.82) is 0 Å². The second kappa shape index (κ2) is 50.0. The Balaban J connectivity index is 2.44. The molecule has 0 aliphatic carbocycles. The Morgan fingerprint density at radius 3 is 1.52 bits per heavy atom. The molecule has 116 heavy (non-hydrogen) atoms. The van der Waals surface area contributed by atoms with Gasteiger partial charge in [0.2, 0.25) is 59.1 Å². The first kappa shape index (κ1) is 103. The van der Waals surface area contributed by atoms with E-state index in [1.807, 2.05) is 78.0 Å². The normalized spacial score (nSPS) is 16.1. The molecule has 3 N–H and O–H groups in total. The molecule has 11 amide bonds. The largest absolute Gasteiger partial charge is 0.462 e. The van der Waals surface area contributed by atoms with Crippen molar-refractivity contribution in [1.82, 2.24) is 60.0 Å². The number of nitrogens with zero attached hydrogens (tertiary/aromatic N) is 9. The fourth-order valence-electron chi connectivity index (χ4n) is 14.2. The minimum absolute atomic E-state index is 0.0577. The van der Waals surface area contributed by atoms with Crippen molar-refractivity contribution >= 4 is 88.7 Å². The molecule has 1 fully saturated rings. The Morgan fingerprint density at radius 1 is 0.526 bits per heavy atom. The number of amides is 11. The molecule has 0 radical (unpaired) electrons. The highest BCUT2D eigenvalue weighted by Gasteiger charge is 2.47. The van der Waals surface area contributed by atoms with Crippen LogP contribution in [-0.4, -0.2) is 302 Å². The smallest absolute Gasteiger partial charge is 0.410 e. The summed E-state index contributed by atoms with van der Waals surface area (Å²) in [5.41, 5.74) is 0.843. The van der Waals surface area contributed by atoms with Crippen LogP contribution in [0.5, 0.6) is 0 Å². The predicted molar refractivity (Wildman–Crippen MR) is 441 cm³/mol. The molecule has 1 aromatic carbocycles. The quantitative estimate of drug-likeness (QED) is 0.0368. The molecule has 2 rings (SSSR count). The first-order valence-corrected chi connectivity index (χ1v) is 41.0. The van der Waals surface area contributed by atoms with Gasteiger partial charge in [-0.3, -0.25) is 62.3 Å². The van der Waals surface area contributed by atoms with Crippen molar-refractivity contribution < 1.29 is 90.9 Å². The van der Waals surface area contributed by atoms with E-state index >= 15 is 14.4 Å². The van der Waals surface area contributed by atoms with E-state index in [-0.39, 0.29) is 127 Å². The lowest BCUT2D eigenvalue weighted by Crippen LogP contribution is -2.63. The number of carbonyl (C=O) groups is 15. The number of piperazine rings is 1. The predicted octanol–water partition coefficient (Wildman–Crippen LogP) is 6.27. The lowest BCUT2D eigenvalue weighted by atomic mass is 9.88. The topological polar surface area (TPSA) is 358 Å². The van der Waals surface area contributed by atoms with Crippen molar-refractivity contribution in [2.75, 3.05) is 109 Å². The summed E-state index contributed by atoms with van der Waals surface area (Å²) < 4.78 is 22.8. The van der Waals surface area contributed by atoms with Crippen LogP contribution in [0.25, 0.3) is 0 Å². The lowest BCUT2D eigenvalue weighted by Gasteiger charge is -2.42. The first-order chi connectivity index (χ1) is 54.1. The summed E-state index contributed by atoms with van der Waals surface area (Å²) in [6, 6.07) is -1.42. The lowest BCUT2D eigenvalue weighted by molar-refractivity contribution is -0.164. The van der Waals surface area contributed by atoms with E-state index in [1.165, 1.54) is 90.4 Å². The third-order valence-corrected chi connectivity index (χ3v) is 21.6. The van der Waals surface area contributed by atoms with Gasteiger partial charge in [-0.05, 0) is 94.1 Å². The Morgan fingerprint density at radius 2 is 1.02 bits per heavy atom. The molecule has 0 saturated carbocycles. The average molecular weight is 1640 g/mol. The van der Waals surface area contributed by atoms with Crippen LogP contribution in [0.3, 0.4) is 0 Å². The summed E-state index contributed by atoms with van der Waals surface area (Å²) in [4.78, 5) is 224. The maximum Gasteiger partial charge on any atom is 0.410 e. The molecule has 656 valence electrons. The number of carbonyl (C=O) groups excluding carboxylic acids is 15.